The van der Waals surface area contributed by atoms with Crippen LogP contribution in [0.2, 0.25) is 0 Å². The van der Waals surface area contributed by atoms with Crippen LogP contribution in [-0.4, -0.2) is 32.2 Å². The van der Waals surface area contributed by atoms with Crippen molar-refractivity contribution in [3.63, 3.8) is 0 Å². The molecule has 0 saturated carbocycles. The molecule has 2 heterocycles. The maximum atomic E-state index is 13.2. The van der Waals surface area contributed by atoms with Gasteiger partial charge in [-0.1, -0.05) is 6.92 Å². The van der Waals surface area contributed by atoms with E-state index in [2.05, 4.69) is 9.97 Å². The largest absolute Gasteiger partial charge is 0.504 e. The Morgan fingerprint density at radius 2 is 1.92 bits per heavy atom. The Morgan fingerprint density at radius 3 is 2.52 bits per heavy atom. The van der Waals surface area contributed by atoms with E-state index in [-0.39, 0.29) is 29.4 Å². The number of nitrogens with zero attached hydrogens (tertiary/aromatic N) is 3. The molecule has 3 aromatic rings. The fraction of sp³-hybridized carbons (Fsp3) is 0.278. The highest BCUT2D eigenvalue weighted by Crippen LogP contribution is 2.33. The van der Waals surface area contributed by atoms with Gasteiger partial charge in [-0.15, -0.1) is 0 Å². The second kappa shape index (κ2) is 6.51. The number of hydrogen-bond acceptors (Lipinski definition) is 5. The van der Waals surface area contributed by atoms with Crippen molar-refractivity contribution in [3.8, 4) is 17.0 Å². The van der Waals surface area contributed by atoms with E-state index in [9.17, 15) is 14.3 Å². The number of halogens is 1. The van der Waals surface area contributed by atoms with Gasteiger partial charge < -0.3 is 14.4 Å². The Morgan fingerprint density at radius 1 is 1.24 bits per heavy atom. The van der Waals surface area contributed by atoms with Gasteiger partial charge in [-0.3, -0.25) is 0 Å². The highest BCUT2D eigenvalue weighted by molar-refractivity contribution is 5.99. The highest BCUT2D eigenvalue weighted by Gasteiger charge is 2.25. The molecule has 2 aromatic heterocycles. The summed E-state index contributed by atoms with van der Waals surface area (Å²) in [5.41, 5.74) is 2.54. The first-order valence-electron chi connectivity index (χ1n) is 7.99. The summed E-state index contributed by atoms with van der Waals surface area (Å²) in [7, 11) is 1.62. The van der Waals surface area contributed by atoms with Gasteiger partial charge in [-0.05, 0) is 37.6 Å². The average Bonchev–Trinajstić information content (AvgIpc) is 2.85. The molecule has 0 aliphatic heterocycles. The third-order valence-electron chi connectivity index (χ3n) is 3.97. The zero-order valence-corrected chi connectivity index (χ0v) is 14.2. The van der Waals surface area contributed by atoms with E-state index in [1.54, 1.807) is 26.1 Å². The van der Waals surface area contributed by atoms with Gasteiger partial charge in [0, 0.05) is 12.6 Å². The number of benzene rings is 1. The molecule has 0 aliphatic carbocycles. The lowest BCUT2D eigenvalue weighted by Gasteiger charge is -2.07. The van der Waals surface area contributed by atoms with E-state index in [0.717, 1.165) is 0 Å². The number of fused-ring (bicyclic) bond motifs is 1. The van der Waals surface area contributed by atoms with E-state index in [1.165, 1.54) is 16.7 Å². The van der Waals surface area contributed by atoms with Crippen molar-refractivity contribution >= 4 is 17.1 Å². The van der Waals surface area contributed by atoms with Crippen molar-refractivity contribution < 1.29 is 19.0 Å². The van der Waals surface area contributed by atoms with E-state index in [1.807, 2.05) is 6.92 Å². The number of esters is 1. The van der Waals surface area contributed by atoms with Gasteiger partial charge in [-0.25, -0.2) is 19.2 Å². The maximum Gasteiger partial charge on any atom is 0.358 e. The van der Waals surface area contributed by atoms with Gasteiger partial charge >= 0.3 is 5.97 Å². The summed E-state index contributed by atoms with van der Waals surface area (Å²) in [6.07, 6.45) is 0.594. The smallest absolute Gasteiger partial charge is 0.358 e. The summed E-state index contributed by atoms with van der Waals surface area (Å²) >= 11 is 0. The summed E-state index contributed by atoms with van der Waals surface area (Å²) in [6.45, 7) is 3.82. The minimum absolute atomic E-state index is 0.00941. The molecule has 25 heavy (non-hydrogen) atoms. The highest BCUT2D eigenvalue weighted by atomic mass is 19.1. The number of aryl methyl sites for hydroxylation is 2. The average molecular weight is 343 g/mol. The third-order valence-corrected chi connectivity index (χ3v) is 3.97. The summed E-state index contributed by atoms with van der Waals surface area (Å²) in [5.74, 6) is -1.25. The maximum absolute atomic E-state index is 13.2. The number of ether oxygens (including phenoxy) is 1. The predicted octanol–water partition coefficient (Wildman–Crippen LogP) is 3.22. The van der Waals surface area contributed by atoms with E-state index in [0.29, 0.717) is 29.0 Å². The molecule has 1 N–H and O–H groups in total. The number of aromatic hydroxyl groups is 1. The molecule has 0 spiro atoms. The fourth-order valence-electron chi connectivity index (χ4n) is 2.75. The zero-order valence-electron chi connectivity index (χ0n) is 14.2. The van der Waals surface area contributed by atoms with Gasteiger partial charge in [0.15, 0.2) is 22.6 Å². The molecule has 0 unspecified atom stereocenters. The van der Waals surface area contributed by atoms with Crippen LogP contribution in [0.3, 0.4) is 0 Å². The first-order chi connectivity index (χ1) is 12.0. The van der Waals surface area contributed by atoms with Crippen LogP contribution in [0.15, 0.2) is 24.3 Å². The van der Waals surface area contributed by atoms with Crippen LogP contribution < -0.4 is 0 Å². The lowest BCUT2D eigenvalue weighted by atomic mass is 10.1. The molecule has 0 atom stereocenters. The molecule has 0 fully saturated rings. The molecule has 1 aromatic carbocycles. The van der Waals surface area contributed by atoms with Crippen LogP contribution >= 0.6 is 0 Å². The molecule has 0 aliphatic rings. The molecule has 0 saturated heterocycles. The van der Waals surface area contributed by atoms with Crippen molar-refractivity contribution in [2.75, 3.05) is 6.61 Å². The lowest BCUT2D eigenvalue weighted by Crippen LogP contribution is -2.10. The third kappa shape index (κ3) is 2.82. The molecular formula is C18H18FN3O3. The van der Waals surface area contributed by atoms with Crippen molar-refractivity contribution in [2.45, 2.75) is 20.3 Å². The number of carbonyl (C=O) groups excluding carboxylic acids is 1. The fourth-order valence-corrected chi connectivity index (χ4v) is 2.75. The Kier molecular flexibility index (Phi) is 4.39. The van der Waals surface area contributed by atoms with Crippen LogP contribution in [0, 0.1) is 5.82 Å². The standard InChI is InChI=1S/C18H18FN3O3/c1-4-12-13(10-6-8-11(19)9-7-10)21-14-16(23)15(18(24)25-5-2)22(3)17(14)20-12/h6-9,23H,4-5H2,1-3H3. The first-order valence-corrected chi connectivity index (χ1v) is 7.99. The number of rotatable bonds is 4. The molecule has 0 amide bonds. The zero-order chi connectivity index (χ0) is 18.1. The normalized spacial score (nSPS) is 11.0. The Hall–Kier alpha value is -2.96. The molecule has 3 rings (SSSR count). The summed E-state index contributed by atoms with van der Waals surface area (Å²) in [4.78, 5) is 21.2. The molecule has 130 valence electrons. The Labute approximate surface area is 143 Å². The van der Waals surface area contributed by atoms with Crippen LogP contribution in [0.5, 0.6) is 5.75 Å². The van der Waals surface area contributed by atoms with Gasteiger partial charge in [0.25, 0.3) is 0 Å². The second-order valence-electron chi connectivity index (χ2n) is 5.53. The monoisotopic (exact) mass is 343 g/mol. The second-order valence-corrected chi connectivity index (χ2v) is 5.53. The van der Waals surface area contributed by atoms with E-state index < -0.39 is 5.97 Å². The predicted molar refractivity (Wildman–Crippen MR) is 90.9 cm³/mol. The van der Waals surface area contributed by atoms with Gasteiger partial charge in [-0.2, -0.15) is 0 Å². The van der Waals surface area contributed by atoms with Gasteiger partial charge in [0.2, 0.25) is 0 Å². The summed E-state index contributed by atoms with van der Waals surface area (Å²) < 4.78 is 19.7. The Balaban J connectivity index is 2.25. The van der Waals surface area contributed by atoms with Crippen LogP contribution in [0.4, 0.5) is 4.39 Å². The van der Waals surface area contributed by atoms with Crippen molar-refractivity contribution in [3.05, 3.63) is 41.5 Å². The molecule has 0 radical (unpaired) electrons. The summed E-state index contributed by atoms with van der Waals surface area (Å²) in [6, 6.07) is 5.90. The lowest BCUT2D eigenvalue weighted by molar-refractivity contribution is 0.0512. The molecule has 6 nitrogen and oxygen atoms in total. The molecular weight excluding hydrogens is 325 g/mol. The number of aromatic nitrogens is 3. The van der Waals surface area contributed by atoms with Crippen molar-refractivity contribution in [1.29, 1.82) is 0 Å². The van der Waals surface area contributed by atoms with Gasteiger partial charge in [0.05, 0.1) is 18.0 Å². The number of carbonyl (C=O) groups is 1. The Bertz CT molecular complexity index is 949. The first kappa shape index (κ1) is 16.9. The quantitative estimate of drug-likeness (QED) is 0.736. The number of hydrogen-bond donors (Lipinski definition) is 1. The molecule has 0 bridgehead atoms. The van der Waals surface area contributed by atoms with Gasteiger partial charge in [0.1, 0.15) is 5.82 Å². The van der Waals surface area contributed by atoms with Crippen molar-refractivity contribution in [2.24, 2.45) is 7.05 Å². The topological polar surface area (TPSA) is 77.2 Å². The van der Waals surface area contributed by atoms with E-state index in [4.69, 9.17) is 4.74 Å². The van der Waals surface area contributed by atoms with Crippen molar-refractivity contribution in [1.82, 2.24) is 14.5 Å². The van der Waals surface area contributed by atoms with Crippen LogP contribution in [0.25, 0.3) is 22.4 Å². The van der Waals surface area contributed by atoms with Crippen LogP contribution in [-0.2, 0) is 18.2 Å². The minimum atomic E-state index is -0.635. The van der Waals surface area contributed by atoms with Crippen LogP contribution in [0.1, 0.15) is 30.0 Å². The minimum Gasteiger partial charge on any atom is -0.504 e. The van der Waals surface area contributed by atoms with E-state index >= 15 is 0 Å². The summed E-state index contributed by atoms with van der Waals surface area (Å²) in [5, 5.41) is 10.5. The SMILES string of the molecule is CCOC(=O)c1c(O)c2nc(-c3ccc(F)cc3)c(CC)nc2n1C. The molecule has 7 heteroatoms.